The number of hydrogen-bond donors (Lipinski definition) is 0. The maximum Gasteiger partial charge on any atom is 0.573 e. The molecule has 0 saturated heterocycles. The first-order chi connectivity index (χ1) is 18.6. The van der Waals surface area contributed by atoms with Gasteiger partial charge in [-0.05, 0) is 84.7 Å². The van der Waals surface area contributed by atoms with Gasteiger partial charge in [0.15, 0.2) is 11.6 Å². The molecule has 0 heterocycles. The molecule has 2 fully saturated rings. The summed E-state index contributed by atoms with van der Waals surface area (Å²) in [7, 11) is 0. The molecular formula is C32H40F6O. The van der Waals surface area contributed by atoms with E-state index >= 15 is 0 Å². The summed E-state index contributed by atoms with van der Waals surface area (Å²) in [6.45, 7) is 2.28. The van der Waals surface area contributed by atoms with Crippen molar-refractivity contribution in [2.45, 2.75) is 109 Å². The SMILES string of the molecule is CCC[C@H]1CC[C@H](CCCCC2CCC(c3cc(F)c(-c4ccc(OC(F)(F)F)c(F)c4)c(F)c3)CC2)CC1. The van der Waals surface area contributed by atoms with Crippen LogP contribution in [0.2, 0.25) is 0 Å². The Morgan fingerprint density at radius 2 is 1.21 bits per heavy atom. The Labute approximate surface area is 228 Å². The molecule has 0 amide bonds. The molecule has 0 radical (unpaired) electrons. The summed E-state index contributed by atoms with van der Waals surface area (Å²) in [5.74, 6) is -1.49. The number of alkyl halides is 3. The topological polar surface area (TPSA) is 9.23 Å². The second-order valence-electron chi connectivity index (χ2n) is 11.7. The van der Waals surface area contributed by atoms with Crippen molar-refractivity contribution in [1.29, 1.82) is 0 Å². The molecule has 0 aromatic heterocycles. The Morgan fingerprint density at radius 3 is 1.69 bits per heavy atom. The Kier molecular flexibility index (Phi) is 10.3. The molecule has 4 rings (SSSR count). The van der Waals surface area contributed by atoms with E-state index in [-0.39, 0.29) is 11.5 Å². The fourth-order valence-electron chi connectivity index (χ4n) is 6.84. The summed E-state index contributed by atoms with van der Waals surface area (Å²) in [4.78, 5) is 0. The molecule has 1 nitrogen and oxygen atoms in total. The molecule has 2 saturated carbocycles. The molecule has 216 valence electrons. The number of ether oxygens (including phenoxy) is 1. The first-order valence-electron chi connectivity index (χ1n) is 14.7. The minimum absolute atomic E-state index is 0.0666. The number of hydrogen-bond acceptors (Lipinski definition) is 1. The van der Waals surface area contributed by atoms with Gasteiger partial charge in [0, 0.05) is 0 Å². The first kappa shape index (κ1) is 29.8. The summed E-state index contributed by atoms with van der Waals surface area (Å²) in [6.07, 6.45) is 12.2. The molecular weight excluding hydrogens is 514 g/mol. The molecule has 0 N–H and O–H groups in total. The van der Waals surface area contributed by atoms with Crippen LogP contribution in [-0.4, -0.2) is 6.36 Å². The lowest BCUT2D eigenvalue weighted by Crippen LogP contribution is -2.18. The largest absolute Gasteiger partial charge is 0.573 e. The molecule has 0 unspecified atom stereocenters. The van der Waals surface area contributed by atoms with E-state index in [0.717, 1.165) is 49.7 Å². The lowest BCUT2D eigenvalue weighted by Gasteiger charge is -2.30. The van der Waals surface area contributed by atoms with Crippen LogP contribution in [0.1, 0.15) is 108 Å². The fraction of sp³-hybridized carbons (Fsp3) is 0.625. The van der Waals surface area contributed by atoms with Gasteiger partial charge in [0.25, 0.3) is 0 Å². The third-order valence-corrected chi connectivity index (χ3v) is 8.97. The zero-order valence-corrected chi connectivity index (χ0v) is 22.8. The minimum atomic E-state index is -5.06. The first-order valence-corrected chi connectivity index (χ1v) is 14.7. The molecule has 0 bridgehead atoms. The van der Waals surface area contributed by atoms with Crippen molar-refractivity contribution in [2.75, 3.05) is 0 Å². The second-order valence-corrected chi connectivity index (χ2v) is 11.7. The van der Waals surface area contributed by atoms with Crippen molar-refractivity contribution >= 4 is 0 Å². The Bertz CT molecular complexity index is 1040. The summed E-state index contributed by atoms with van der Waals surface area (Å²) in [5, 5.41) is 0. The number of unbranched alkanes of at least 4 members (excludes halogenated alkanes) is 1. The van der Waals surface area contributed by atoms with Gasteiger partial charge in [0.05, 0.1) is 5.56 Å². The third-order valence-electron chi connectivity index (χ3n) is 8.97. The van der Waals surface area contributed by atoms with E-state index in [0.29, 0.717) is 17.5 Å². The van der Waals surface area contributed by atoms with Crippen LogP contribution in [0.5, 0.6) is 5.75 Å². The van der Waals surface area contributed by atoms with Crippen LogP contribution in [0, 0.1) is 35.2 Å². The molecule has 2 aliphatic rings. The van der Waals surface area contributed by atoms with Crippen molar-refractivity contribution < 1.29 is 31.1 Å². The van der Waals surface area contributed by atoms with E-state index in [9.17, 15) is 26.3 Å². The van der Waals surface area contributed by atoms with Crippen molar-refractivity contribution in [3.8, 4) is 16.9 Å². The molecule has 39 heavy (non-hydrogen) atoms. The highest BCUT2D eigenvalue weighted by atomic mass is 19.4. The summed E-state index contributed by atoms with van der Waals surface area (Å²) >= 11 is 0. The van der Waals surface area contributed by atoms with E-state index in [1.807, 2.05) is 0 Å². The predicted molar refractivity (Wildman–Crippen MR) is 142 cm³/mol. The quantitative estimate of drug-likeness (QED) is 0.210. The summed E-state index contributed by atoms with van der Waals surface area (Å²) in [6, 6.07) is 4.98. The zero-order chi connectivity index (χ0) is 28.0. The van der Waals surface area contributed by atoms with E-state index in [1.165, 1.54) is 76.3 Å². The van der Waals surface area contributed by atoms with Crippen molar-refractivity contribution in [3.63, 3.8) is 0 Å². The van der Waals surface area contributed by atoms with E-state index < -0.39 is 35.1 Å². The maximum absolute atomic E-state index is 15.0. The number of rotatable bonds is 10. The lowest BCUT2D eigenvalue weighted by molar-refractivity contribution is -0.275. The van der Waals surface area contributed by atoms with Gasteiger partial charge in [-0.25, -0.2) is 13.2 Å². The van der Waals surface area contributed by atoms with Crippen molar-refractivity contribution in [2.24, 2.45) is 17.8 Å². The number of benzene rings is 2. The fourth-order valence-corrected chi connectivity index (χ4v) is 6.84. The summed E-state index contributed by atoms with van der Waals surface area (Å²) in [5.41, 5.74) is -0.0478. The zero-order valence-electron chi connectivity index (χ0n) is 22.8. The Hall–Kier alpha value is -2.18. The highest BCUT2D eigenvalue weighted by Gasteiger charge is 2.32. The minimum Gasteiger partial charge on any atom is -0.403 e. The molecule has 0 spiro atoms. The molecule has 0 aliphatic heterocycles. The highest BCUT2D eigenvalue weighted by molar-refractivity contribution is 5.66. The smallest absolute Gasteiger partial charge is 0.403 e. The standard InChI is InChI=1S/C32H40F6O/c1-2-5-21-8-10-22(11-9-21)6-3-4-7-23-12-14-24(15-13-23)26-19-28(34)31(29(35)20-26)25-16-17-30(27(33)18-25)39-32(36,37)38/h16-24H,2-15H2,1H3/t21-,22-,23?,24?. The average molecular weight is 555 g/mol. The highest BCUT2D eigenvalue weighted by Crippen LogP contribution is 2.41. The van der Waals surface area contributed by atoms with Crippen LogP contribution in [0.3, 0.4) is 0 Å². The normalized spacial score (nSPS) is 24.1. The van der Waals surface area contributed by atoms with Gasteiger partial charge in [0.1, 0.15) is 11.6 Å². The Balaban J connectivity index is 1.25. The predicted octanol–water partition coefficient (Wildman–Crippen LogP) is 11.1. The summed E-state index contributed by atoms with van der Waals surface area (Å²) < 4.78 is 84.8. The average Bonchev–Trinajstić information content (AvgIpc) is 2.88. The molecule has 0 atom stereocenters. The monoisotopic (exact) mass is 554 g/mol. The van der Waals surface area contributed by atoms with Gasteiger partial charge in [-0.15, -0.1) is 13.2 Å². The molecule has 2 aliphatic carbocycles. The van der Waals surface area contributed by atoms with E-state index in [4.69, 9.17) is 0 Å². The van der Waals surface area contributed by atoms with Crippen LogP contribution < -0.4 is 4.74 Å². The van der Waals surface area contributed by atoms with Crippen LogP contribution in [0.25, 0.3) is 11.1 Å². The van der Waals surface area contributed by atoms with Crippen LogP contribution in [0.15, 0.2) is 30.3 Å². The van der Waals surface area contributed by atoms with Gasteiger partial charge < -0.3 is 4.74 Å². The molecule has 2 aromatic rings. The van der Waals surface area contributed by atoms with Gasteiger partial charge >= 0.3 is 6.36 Å². The molecule has 2 aromatic carbocycles. The van der Waals surface area contributed by atoms with E-state index in [2.05, 4.69) is 11.7 Å². The Morgan fingerprint density at radius 1 is 0.692 bits per heavy atom. The number of halogens is 6. The van der Waals surface area contributed by atoms with Gasteiger partial charge in [0.2, 0.25) is 0 Å². The van der Waals surface area contributed by atoms with Gasteiger partial charge in [-0.3, -0.25) is 0 Å². The van der Waals surface area contributed by atoms with Gasteiger partial charge in [-0.2, -0.15) is 0 Å². The van der Waals surface area contributed by atoms with E-state index in [1.54, 1.807) is 0 Å². The third kappa shape index (κ3) is 8.40. The molecule has 7 heteroatoms. The van der Waals surface area contributed by atoms with Crippen LogP contribution in [0.4, 0.5) is 26.3 Å². The van der Waals surface area contributed by atoms with Crippen molar-refractivity contribution in [3.05, 3.63) is 53.3 Å². The van der Waals surface area contributed by atoms with Crippen LogP contribution in [-0.2, 0) is 0 Å². The van der Waals surface area contributed by atoms with Crippen LogP contribution >= 0.6 is 0 Å². The maximum atomic E-state index is 15.0. The lowest BCUT2D eigenvalue weighted by atomic mass is 9.76. The van der Waals surface area contributed by atoms with Gasteiger partial charge in [-0.1, -0.05) is 77.2 Å². The van der Waals surface area contributed by atoms with Crippen molar-refractivity contribution in [1.82, 2.24) is 0 Å². The second kappa shape index (κ2) is 13.5.